The average molecular weight is 151 g/mol. The molecule has 0 spiro atoms. The van der Waals surface area contributed by atoms with Gasteiger partial charge in [-0.25, -0.2) is 8.78 Å². The molecule has 1 fully saturated rings. The second kappa shape index (κ2) is 2.43. The second-order valence-corrected chi connectivity index (χ2v) is 2.75. The molecule has 0 aromatic rings. The summed E-state index contributed by atoms with van der Waals surface area (Å²) in [4.78, 5) is 0. The van der Waals surface area contributed by atoms with Gasteiger partial charge in [-0.15, -0.1) is 0 Å². The summed E-state index contributed by atoms with van der Waals surface area (Å²) in [5.74, 6) is -3.29. The van der Waals surface area contributed by atoms with Gasteiger partial charge in [0, 0.05) is 0 Å². The molecule has 0 heterocycles. The highest BCUT2D eigenvalue weighted by Gasteiger charge is 2.46. The Morgan fingerprint density at radius 1 is 1.60 bits per heavy atom. The predicted octanol–water partition coefficient (Wildman–Crippen LogP) is 0.351. The zero-order chi connectivity index (χ0) is 7.78. The van der Waals surface area contributed by atoms with Gasteiger partial charge < -0.3 is 10.8 Å². The first-order valence-electron chi connectivity index (χ1n) is 3.34. The molecular weight excluding hydrogens is 140 g/mol. The highest BCUT2D eigenvalue weighted by Crippen LogP contribution is 2.38. The Hall–Kier alpha value is -0.220. The summed E-state index contributed by atoms with van der Waals surface area (Å²) in [6, 6.07) is 0. The lowest BCUT2D eigenvalue weighted by molar-refractivity contribution is -0.109. The van der Waals surface area contributed by atoms with Crippen LogP contribution in [0.5, 0.6) is 0 Å². The lowest BCUT2D eigenvalue weighted by Gasteiger charge is -2.19. The van der Waals surface area contributed by atoms with Crippen LogP contribution in [0.15, 0.2) is 0 Å². The van der Waals surface area contributed by atoms with Gasteiger partial charge in [0.05, 0.1) is 6.54 Å². The van der Waals surface area contributed by atoms with Crippen molar-refractivity contribution in [2.24, 2.45) is 11.7 Å². The smallest absolute Gasteiger partial charge is 0.285 e. The first kappa shape index (κ1) is 7.88. The fourth-order valence-electron chi connectivity index (χ4n) is 0.878. The summed E-state index contributed by atoms with van der Waals surface area (Å²) >= 11 is 0. The number of rotatable bonds is 3. The van der Waals surface area contributed by atoms with Crippen LogP contribution in [-0.4, -0.2) is 23.7 Å². The normalized spacial score (nSPS) is 22.8. The summed E-state index contributed by atoms with van der Waals surface area (Å²) in [6.07, 6.45) is -0.106. The molecule has 10 heavy (non-hydrogen) atoms. The van der Waals surface area contributed by atoms with E-state index < -0.39 is 18.6 Å². The topological polar surface area (TPSA) is 46.2 Å². The van der Waals surface area contributed by atoms with E-state index in [4.69, 9.17) is 10.8 Å². The van der Waals surface area contributed by atoms with Crippen LogP contribution in [0, 0.1) is 5.92 Å². The minimum atomic E-state index is -3.08. The number of aliphatic hydroxyl groups excluding tert-OH is 1. The van der Waals surface area contributed by atoms with Crippen molar-refractivity contribution in [2.75, 3.05) is 6.54 Å². The van der Waals surface area contributed by atoms with Gasteiger partial charge in [0.2, 0.25) is 0 Å². The molecule has 1 unspecified atom stereocenters. The van der Waals surface area contributed by atoms with Gasteiger partial charge in [-0.2, -0.15) is 0 Å². The van der Waals surface area contributed by atoms with Crippen LogP contribution in [0.2, 0.25) is 0 Å². The van der Waals surface area contributed by atoms with Crippen molar-refractivity contribution in [3.63, 3.8) is 0 Å². The number of hydrogen-bond acceptors (Lipinski definition) is 2. The number of aliphatic hydroxyl groups is 1. The van der Waals surface area contributed by atoms with Crippen LogP contribution in [0.1, 0.15) is 12.8 Å². The molecule has 1 aliphatic carbocycles. The standard InChI is InChI=1S/C6H11F2NO/c7-6(8,3-9)5(10)4-1-2-4/h4-5,10H,1-3,9H2. The molecule has 1 saturated carbocycles. The second-order valence-electron chi connectivity index (χ2n) is 2.75. The number of nitrogens with two attached hydrogens (primary N) is 1. The third-order valence-electron chi connectivity index (χ3n) is 1.77. The molecule has 0 aromatic carbocycles. The van der Waals surface area contributed by atoms with Crippen LogP contribution >= 0.6 is 0 Å². The van der Waals surface area contributed by atoms with E-state index in [2.05, 4.69) is 0 Å². The highest BCUT2D eigenvalue weighted by molar-refractivity contribution is 4.90. The van der Waals surface area contributed by atoms with E-state index in [1.54, 1.807) is 0 Å². The molecule has 4 heteroatoms. The van der Waals surface area contributed by atoms with Crippen molar-refractivity contribution >= 4 is 0 Å². The van der Waals surface area contributed by atoms with Gasteiger partial charge in [0.25, 0.3) is 5.92 Å². The number of alkyl halides is 2. The van der Waals surface area contributed by atoms with Gasteiger partial charge in [-0.3, -0.25) is 0 Å². The van der Waals surface area contributed by atoms with E-state index in [0.717, 1.165) is 0 Å². The van der Waals surface area contributed by atoms with Crippen LogP contribution in [0.3, 0.4) is 0 Å². The van der Waals surface area contributed by atoms with E-state index in [1.807, 2.05) is 0 Å². The van der Waals surface area contributed by atoms with E-state index in [0.29, 0.717) is 12.8 Å². The Bertz CT molecular complexity index is 125. The molecule has 0 radical (unpaired) electrons. The molecule has 1 rings (SSSR count). The van der Waals surface area contributed by atoms with Crippen LogP contribution in [-0.2, 0) is 0 Å². The maximum Gasteiger partial charge on any atom is 0.285 e. The maximum absolute atomic E-state index is 12.5. The zero-order valence-electron chi connectivity index (χ0n) is 5.56. The Labute approximate surface area is 58.0 Å². The monoisotopic (exact) mass is 151 g/mol. The van der Waals surface area contributed by atoms with Gasteiger partial charge >= 0.3 is 0 Å². The fraction of sp³-hybridized carbons (Fsp3) is 1.00. The Balaban J connectivity index is 2.43. The predicted molar refractivity (Wildman–Crippen MR) is 32.7 cm³/mol. The molecule has 0 amide bonds. The lowest BCUT2D eigenvalue weighted by atomic mass is 10.1. The Morgan fingerprint density at radius 3 is 2.40 bits per heavy atom. The molecule has 0 bridgehead atoms. The van der Waals surface area contributed by atoms with Crippen molar-refractivity contribution in [3.05, 3.63) is 0 Å². The lowest BCUT2D eigenvalue weighted by Crippen LogP contribution is -2.41. The van der Waals surface area contributed by atoms with Gasteiger partial charge in [-0.1, -0.05) is 0 Å². The molecule has 60 valence electrons. The van der Waals surface area contributed by atoms with E-state index in [1.165, 1.54) is 0 Å². The van der Waals surface area contributed by atoms with Crippen molar-refractivity contribution in [1.82, 2.24) is 0 Å². The molecule has 3 N–H and O–H groups in total. The summed E-state index contributed by atoms with van der Waals surface area (Å²) in [7, 11) is 0. The van der Waals surface area contributed by atoms with E-state index in [-0.39, 0.29) is 5.92 Å². The summed E-state index contributed by atoms with van der Waals surface area (Å²) in [5.41, 5.74) is 4.76. The molecule has 0 saturated heterocycles. The van der Waals surface area contributed by atoms with E-state index >= 15 is 0 Å². The maximum atomic E-state index is 12.5. The largest absolute Gasteiger partial charge is 0.387 e. The van der Waals surface area contributed by atoms with Crippen molar-refractivity contribution in [3.8, 4) is 0 Å². The minimum Gasteiger partial charge on any atom is -0.387 e. The summed E-state index contributed by atoms with van der Waals surface area (Å²) in [5, 5.41) is 8.89. The SMILES string of the molecule is NCC(F)(F)C(O)C1CC1. The highest BCUT2D eigenvalue weighted by atomic mass is 19.3. The first-order chi connectivity index (χ1) is 4.58. The fourth-order valence-corrected chi connectivity index (χ4v) is 0.878. The quantitative estimate of drug-likeness (QED) is 0.611. The van der Waals surface area contributed by atoms with Crippen molar-refractivity contribution < 1.29 is 13.9 Å². The van der Waals surface area contributed by atoms with Crippen molar-refractivity contribution in [1.29, 1.82) is 0 Å². The molecule has 0 aromatic heterocycles. The Kier molecular flexibility index (Phi) is 1.92. The third kappa shape index (κ3) is 1.44. The summed E-state index contributed by atoms with van der Waals surface area (Å²) in [6.45, 7) is -0.759. The third-order valence-corrected chi connectivity index (χ3v) is 1.77. The molecule has 1 atom stereocenters. The molecular formula is C6H11F2NO. The van der Waals surface area contributed by atoms with E-state index in [9.17, 15) is 8.78 Å². The number of hydrogen-bond donors (Lipinski definition) is 2. The number of halogens is 2. The van der Waals surface area contributed by atoms with Crippen LogP contribution in [0.4, 0.5) is 8.78 Å². The molecule has 2 nitrogen and oxygen atoms in total. The van der Waals surface area contributed by atoms with Crippen molar-refractivity contribution in [2.45, 2.75) is 24.9 Å². The summed E-state index contributed by atoms with van der Waals surface area (Å²) < 4.78 is 24.9. The first-order valence-corrected chi connectivity index (χ1v) is 3.34. The van der Waals surface area contributed by atoms with Crippen LogP contribution in [0.25, 0.3) is 0 Å². The van der Waals surface area contributed by atoms with Gasteiger partial charge in [-0.05, 0) is 18.8 Å². The van der Waals surface area contributed by atoms with Gasteiger partial charge in [0.1, 0.15) is 6.10 Å². The zero-order valence-corrected chi connectivity index (χ0v) is 5.56. The minimum absolute atomic E-state index is 0.210. The van der Waals surface area contributed by atoms with Crippen LogP contribution < -0.4 is 5.73 Å². The Morgan fingerprint density at radius 2 is 2.10 bits per heavy atom. The van der Waals surface area contributed by atoms with Gasteiger partial charge in [0.15, 0.2) is 0 Å². The molecule has 1 aliphatic rings. The molecule has 0 aliphatic heterocycles. The average Bonchev–Trinajstić information content (AvgIpc) is 2.68.